The first-order chi connectivity index (χ1) is 7.24. The zero-order valence-electron chi connectivity index (χ0n) is 7.89. The minimum atomic E-state index is -0.256. The largest absolute Gasteiger partial charge is 0.368 e. The van der Waals surface area contributed by atoms with Crippen LogP contribution in [0.15, 0.2) is 30.6 Å². The lowest BCUT2D eigenvalue weighted by Crippen LogP contribution is -2.02. The predicted octanol–water partition coefficient (Wildman–Crippen LogP) is 1.18. The molecule has 0 saturated carbocycles. The molecule has 0 aliphatic rings. The van der Waals surface area contributed by atoms with Gasteiger partial charge >= 0.3 is 0 Å². The van der Waals surface area contributed by atoms with Gasteiger partial charge in [0.2, 0.25) is 5.95 Å². The van der Waals surface area contributed by atoms with Crippen molar-refractivity contribution in [2.75, 3.05) is 5.73 Å². The van der Waals surface area contributed by atoms with E-state index in [-0.39, 0.29) is 11.8 Å². The smallest absolute Gasteiger partial charge is 0.223 e. The van der Waals surface area contributed by atoms with Crippen LogP contribution in [0, 0.1) is 5.82 Å². The van der Waals surface area contributed by atoms with E-state index in [9.17, 15) is 4.39 Å². The number of aromatic nitrogens is 3. The number of nitrogens with two attached hydrogens (primary N) is 1. The summed E-state index contributed by atoms with van der Waals surface area (Å²) in [5.41, 5.74) is 6.35. The summed E-state index contributed by atoms with van der Waals surface area (Å²) in [6, 6.07) is 6.18. The molecule has 0 atom stereocenters. The molecule has 5 heteroatoms. The quantitative estimate of drug-likeness (QED) is 0.797. The van der Waals surface area contributed by atoms with Gasteiger partial charge in [-0.1, -0.05) is 12.1 Å². The molecule has 0 aliphatic carbocycles. The van der Waals surface area contributed by atoms with E-state index < -0.39 is 0 Å². The molecule has 0 radical (unpaired) electrons. The third kappa shape index (κ3) is 2.46. The Balaban J connectivity index is 2.18. The van der Waals surface area contributed by atoms with Crippen molar-refractivity contribution < 1.29 is 4.39 Å². The number of rotatable bonds is 2. The first-order valence-corrected chi connectivity index (χ1v) is 4.42. The van der Waals surface area contributed by atoms with Crippen molar-refractivity contribution >= 4 is 5.95 Å². The standard InChI is InChI=1S/C10H9FN4/c11-8-3-1-7(2-4-8)5-9-13-6-14-10(12)15-9/h1-4,6H,5H2,(H2,12,13,14,15). The Morgan fingerprint density at radius 3 is 2.53 bits per heavy atom. The van der Waals surface area contributed by atoms with Crippen LogP contribution < -0.4 is 5.73 Å². The highest BCUT2D eigenvalue weighted by Gasteiger charge is 2.00. The Bertz CT molecular complexity index is 455. The van der Waals surface area contributed by atoms with E-state index in [1.165, 1.54) is 18.5 Å². The van der Waals surface area contributed by atoms with Crippen molar-refractivity contribution in [2.24, 2.45) is 0 Å². The molecule has 0 spiro atoms. The van der Waals surface area contributed by atoms with Crippen molar-refractivity contribution in [3.8, 4) is 0 Å². The SMILES string of the molecule is Nc1ncnc(Cc2ccc(F)cc2)n1. The van der Waals surface area contributed by atoms with Gasteiger partial charge in [0.15, 0.2) is 0 Å². The molecule has 0 aliphatic heterocycles. The van der Waals surface area contributed by atoms with E-state index >= 15 is 0 Å². The van der Waals surface area contributed by atoms with Gasteiger partial charge in [0.25, 0.3) is 0 Å². The second-order valence-electron chi connectivity index (χ2n) is 3.06. The average Bonchev–Trinajstić information content (AvgIpc) is 2.22. The van der Waals surface area contributed by atoms with Gasteiger partial charge in [0.1, 0.15) is 18.0 Å². The van der Waals surface area contributed by atoms with E-state index in [0.717, 1.165) is 5.56 Å². The fourth-order valence-electron chi connectivity index (χ4n) is 1.21. The molecule has 1 aromatic heterocycles. The maximum absolute atomic E-state index is 12.6. The fraction of sp³-hybridized carbons (Fsp3) is 0.100. The van der Waals surface area contributed by atoms with Crippen LogP contribution in [0.1, 0.15) is 11.4 Å². The Morgan fingerprint density at radius 1 is 1.13 bits per heavy atom. The molecule has 0 bridgehead atoms. The maximum atomic E-state index is 12.6. The fourth-order valence-corrected chi connectivity index (χ4v) is 1.21. The zero-order chi connectivity index (χ0) is 10.7. The first-order valence-electron chi connectivity index (χ1n) is 4.42. The molecule has 0 amide bonds. The molecular formula is C10H9FN4. The third-order valence-corrected chi connectivity index (χ3v) is 1.92. The highest BCUT2D eigenvalue weighted by atomic mass is 19.1. The Labute approximate surface area is 86.0 Å². The number of hydrogen-bond donors (Lipinski definition) is 1. The van der Waals surface area contributed by atoms with Gasteiger partial charge in [-0.05, 0) is 17.7 Å². The van der Waals surface area contributed by atoms with Crippen LogP contribution in [0.25, 0.3) is 0 Å². The number of benzene rings is 1. The number of anilines is 1. The molecule has 2 N–H and O–H groups in total. The van der Waals surface area contributed by atoms with E-state index in [1.807, 2.05) is 0 Å². The summed E-state index contributed by atoms with van der Waals surface area (Å²) in [4.78, 5) is 11.6. The van der Waals surface area contributed by atoms with E-state index in [2.05, 4.69) is 15.0 Å². The van der Waals surface area contributed by atoms with Crippen molar-refractivity contribution in [3.63, 3.8) is 0 Å². The van der Waals surface area contributed by atoms with Crippen LogP contribution in [0.4, 0.5) is 10.3 Å². The lowest BCUT2D eigenvalue weighted by atomic mass is 10.1. The summed E-state index contributed by atoms with van der Waals surface area (Å²) >= 11 is 0. The zero-order valence-corrected chi connectivity index (χ0v) is 7.89. The molecule has 0 fully saturated rings. The van der Waals surface area contributed by atoms with Gasteiger partial charge in [-0.25, -0.2) is 14.4 Å². The highest BCUT2D eigenvalue weighted by Crippen LogP contribution is 2.06. The van der Waals surface area contributed by atoms with Crippen LogP contribution in [-0.4, -0.2) is 15.0 Å². The summed E-state index contributed by atoms with van der Waals surface area (Å²) < 4.78 is 12.6. The van der Waals surface area contributed by atoms with E-state index in [4.69, 9.17) is 5.73 Å². The molecule has 2 rings (SSSR count). The molecule has 0 unspecified atom stereocenters. The van der Waals surface area contributed by atoms with E-state index in [0.29, 0.717) is 12.2 Å². The van der Waals surface area contributed by atoms with Gasteiger partial charge in [0, 0.05) is 6.42 Å². The molecule has 1 heterocycles. The molecule has 4 nitrogen and oxygen atoms in total. The highest BCUT2D eigenvalue weighted by molar-refractivity contribution is 5.21. The lowest BCUT2D eigenvalue weighted by Gasteiger charge is -2.00. The molecule has 76 valence electrons. The minimum absolute atomic E-state index is 0.196. The van der Waals surface area contributed by atoms with Crippen LogP contribution in [0.5, 0.6) is 0 Å². The predicted molar refractivity (Wildman–Crippen MR) is 53.4 cm³/mol. The van der Waals surface area contributed by atoms with Gasteiger partial charge in [-0.15, -0.1) is 0 Å². The van der Waals surface area contributed by atoms with Crippen molar-refractivity contribution in [2.45, 2.75) is 6.42 Å². The van der Waals surface area contributed by atoms with Crippen molar-refractivity contribution in [1.29, 1.82) is 0 Å². The van der Waals surface area contributed by atoms with E-state index in [1.54, 1.807) is 12.1 Å². The second-order valence-corrected chi connectivity index (χ2v) is 3.06. The van der Waals surface area contributed by atoms with Crippen LogP contribution in [0.2, 0.25) is 0 Å². The number of halogens is 1. The third-order valence-electron chi connectivity index (χ3n) is 1.92. The second kappa shape index (κ2) is 4.00. The van der Waals surface area contributed by atoms with Gasteiger partial charge in [0.05, 0.1) is 0 Å². The maximum Gasteiger partial charge on any atom is 0.223 e. The molecule has 2 aromatic rings. The van der Waals surface area contributed by atoms with Crippen LogP contribution in [0.3, 0.4) is 0 Å². The number of nitrogen functional groups attached to an aromatic ring is 1. The Kier molecular flexibility index (Phi) is 2.53. The monoisotopic (exact) mass is 204 g/mol. The Morgan fingerprint density at radius 2 is 1.87 bits per heavy atom. The molecule has 0 saturated heterocycles. The number of nitrogens with zero attached hydrogens (tertiary/aromatic N) is 3. The average molecular weight is 204 g/mol. The first kappa shape index (κ1) is 9.51. The van der Waals surface area contributed by atoms with Gasteiger partial charge in [-0.3, -0.25) is 0 Å². The van der Waals surface area contributed by atoms with Gasteiger partial charge in [-0.2, -0.15) is 4.98 Å². The van der Waals surface area contributed by atoms with Gasteiger partial charge < -0.3 is 5.73 Å². The van der Waals surface area contributed by atoms with Crippen molar-refractivity contribution in [1.82, 2.24) is 15.0 Å². The van der Waals surface area contributed by atoms with Crippen LogP contribution >= 0.6 is 0 Å². The Hall–Kier alpha value is -2.04. The summed E-state index contributed by atoms with van der Waals surface area (Å²) in [5.74, 6) is 0.519. The normalized spacial score (nSPS) is 10.2. The molecule has 1 aromatic carbocycles. The summed E-state index contributed by atoms with van der Waals surface area (Å²) in [7, 11) is 0. The van der Waals surface area contributed by atoms with Crippen LogP contribution in [-0.2, 0) is 6.42 Å². The summed E-state index contributed by atoms with van der Waals surface area (Å²) in [5, 5.41) is 0. The lowest BCUT2D eigenvalue weighted by molar-refractivity contribution is 0.627. The summed E-state index contributed by atoms with van der Waals surface area (Å²) in [6.45, 7) is 0. The summed E-state index contributed by atoms with van der Waals surface area (Å²) in [6.07, 6.45) is 1.88. The number of hydrogen-bond acceptors (Lipinski definition) is 4. The molecular weight excluding hydrogens is 195 g/mol. The minimum Gasteiger partial charge on any atom is -0.368 e. The van der Waals surface area contributed by atoms with Crippen molar-refractivity contribution in [3.05, 3.63) is 47.8 Å². The topological polar surface area (TPSA) is 64.7 Å². The molecule has 15 heavy (non-hydrogen) atoms.